The summed E-state index contributed by atoms with van der Waals surface area (Å²) in [6, 6.07) is 7.82. The van der Waals surface area contributed by atoms with Crippen molar-refractivity contribution >= 4 is 60.7 Å². The number of rotatable bonds is 3. The van der Waals surface area contributed by atoms with Crippen molar-refractivity contribution in [3.8, 4) is 10.6 Å². The van der Waals surface area contributed by atoms with Gasteiger partial charge in [-0.15, -0.1) is 0 Å². The van der Waals surface area contributed by atoms with E-state index < -0.39 is 11.7 Å². The number of nitrogens with one attached hydrogen (secondary N) is 1. The van der Waals surface area contributed by atoms with Crippen molar-refractivity contribution in [3.63, 3.8) is 0 Å². The van der Waals surface area contributed by atoms with E-state index in [0.29, 0.717) is 47.8 Å². The molecule has 2 radical (unpaired) electrons. The molecule has 1 aromatic carbocycles. The van der Waals surface area contributed by atoms with Crippen LogP contribution in [0.3, 0.4) is 0 Å². The zero-order valence-corrected chi connectivity index (χ0v) is 20.7. The molecule has 13 heteroatoms. The number of aromatic nitrogens is 4. The van der Waals surface area contributed by atoms with Crippen LogP contribution >= 0.6 is 11.3 Å². The Kier molecular flexibility index (Phi) is 6.33. The van der Waals surface area contributed by atoms with Crippen molar-refractivity contribution < 1.29 is 18.0 Å². The molecule has 1 aliphatic heterocycles. The monoisotopic (exact) mass is 559 g/mol. The first-order chi connectivity index (χ1) is 16.8. The second-order valence-electron chi connectivity index (χ2n) is 7.74. The summed E-state index contributed by atoms with van der Waals surface area (Å²) in [4.78, 5) is 35.1. The molecule has 1 fully saturated rings. The number of fused-ring (bicyclic) bond motifs is 1. The van der Waals surface area contributed by atoms with E-state index in [0.717, 1.165) is 27.5 Å². The fourth-order valence-electron chi connectivity index (χ4n) is 3.70. The molecule has 0 saturated carbocycles. The van der Waals surface area contributed by atoms with Gasteiger partial charge in [0.25, 0.3) is 0 Å². The summed E-state index contributed by atoms with van der Waals surface area (Å²) < 4.78 is 38.8. The Labute approximate surface area is 210 Å². The molecule has 5 rings (SSSR count). The molecule has 1 aliphatic rings. The topological polar surface area (TPSA) is 87.1 Å². The molecule has 0 aliphatic carbocycles. The van der Waals surface area contributed by atoms with Crippen molar-refractivity contribution in [1.82, 2.24) is 24.8 Å². The zero-order chi connectivity index (χ0) is 24.6. The van der Waals surface area contributed by atoms with E-state index in [1.807, 2.05) is 12.1 Å². The Morgan fingerprint density at radius 3 is 2.43 bits per heavy atom. The second kappa shape index (κ2) is 9.43. The fraction of sp³-hybridized carbons (Fsp3) is 0.227. The molecule has 1 saturated heterocycles. The number of hydrogen-bond acceptors (Lipinski definition) is 7. The van der Waals surface area contributed by atoms with Gasteiger partial charge in [-0.2, -0.15) is 13.2 Å². The Bertz CT molecular complexity index is 1360. The van der Waals surface area contributed by atoms with E-state index >= 15 is 0 Å². The molecule has 8 nitrogen and oxygen atoms in total. The number of thiazole rings is 1. The molecule has 1 N–H and O–H groups in total. The molecule has 35 heavy (non-hydrogen) atoms. The van der Waals surface area contributed by atoms with Crippen LogP contribution in [0.5, 0.6) is 0 Å². The van der Waals surface area contributed by atoms with Crippen LogP contribution in [0.4, 0.5) is 29.5 Å². The molecule has 0 bridgehead atoms. The van der Waals surface area contributed by atoms with Crippen molar-refractivity contribution in [2.24, 2.45) is 0 Å². The third-order valence-corrected chi connectivity index (χ3v) is 6.88. The molecule has 0 unspecified atom stereocenters. The molecule has 0 atom stereocenters. The van der Waals surface area contributed by atoms with Gasteiger partial charge in [0, 0.05) is 0 Å². The summed E-state index contributed by atoms with van der Waals surface area (Å²) in [7, 11) is 0. The van der Waals surface area contributed by atoms with Gasteiger partial charge < -0.3 is 0 Å². The predicted octanol–water partition coefficient (Wildman–Crippen LogP) is 3.32. The van der Waals surface area contributed by atoms with E-state index in [-0.39, 0.29) is 6.03 Å². The van der Waals surface area contributed by atoms with Crippen molar-refractivity contribution in [2.45, 2.75) is 6.18 Å². The molecular formula is C22H17AsF3N7OS. The average Bonchev–Trinajstić information content (AvgIpc) is 3.28. The number of hydrogen-bond donors (Lipinski definition) is 1. The normalized spacial score (nSPS) is 14.4. The van der Waals surface area contributed by atoms with Gasteiger partial charge >= 0.3 is 192 Å². The van der Waals surface area contributed by atoms with E-state index in [1.165, 1.54) is 23.5 Å². The van der Waals surface area contributed by atoms with Crippen LogP contribution in [0.25, 0.3) is 20.9 Å². The number of nitrogens with zero attached hydrogens (tertiary/aromatic N) is 6. The summed E-state index contributed by atoms with van der Waals surface area (Å²) in [6.45, 7) is 1.90. The van der Waals surface area contributed by atoms with E-state index in [4.69, 9.17) is 4.98 Å². The van der Waals surface area contributed by atoms with Crippen molar-refractivity contribution in [3.05, 3.63) is 54.4 Å². The van der Waals surface area contributed by atoms with Gasteiger partial charge in [-0.3, -0.25) is 0 Å². The Morgan fingerprint density at radius 2 is 1.77 bits per heavy atom. The minimum absolute atomic E-state index is 0.307. The van der Waals surface area contributed by atoms with Gasteiger partial charge in [-0.05, 0) is 0 Å². The first-order valence-electron chi connectivity index (χ1n) is 10.5. The maximum absolute atomic E-state index is 12.7. The number of piperazine rings is 1. The Balaban J connectivity index is 1.28. The standard InChI is InChI=1S/C22H17AsF3N7OS/c23-20-30-17(16-19(31-20)35-18(29-16)13-2-1-7-27-12-13)32-8-10-33(11-9-32)21(34)28-15-5-3-14(4-6-15)22(24,25)26/h1-7,12H,8-11H2,(H,28,34). The third kappa shape index (κ3) is 5.08. The van der Waals surface area contributed by atoms with Gasteiger partial charge in [0.2, 0.25) is 0 Å². The molecule has 178 valence electrons. The van der Waals surface area contributed by atoms with Gasteiger partial charge in [0.1, 0.15) is 0 Å². The van der Waals surface area contributed by atoms with E-state index in [2.05, 4.69) is 42.0 Å². The van der Waals surface area contributed by atoms with Crippen LogP contribution in [0.1, 0.15) is 5.56 Å². The number of carbonyl (C=O) groups excluding carboxylic acids is 1. The molecule has 4 heterocycles. The third-order valence-electron chi connectivity index (χ3n) is 5.47. The number of halogens is 3. The molecule has 4 aromatic rings. The summed E-state index contributed by atoms with van der Waals surface area (Å²) in [6.07, 6.45) is -0.961. The quantitative estimate of drug-likeness (QED) is 0.388. The summed E-state index contributed by atoms with van der Waals surface area (Å²) in [5, 5.41) is 3.46. The van der Waals surface area contributed by atoms with Gasteiger partial charge in [0.05, 0.1) is 5.56 Å². The molecule has 2 amide bonds. The fourth-order valence-corrected chi connectivity index (χ4v) is 5.18. The van der Waals surface area contributed by atoms with E-state index in [1.54, 1.807) is 17.3 Å². The van der Waals surface area contributed by atoms with Crippen LogP contribution in [0.2, 0.25) is 0 Å². The van der Waals surface area contributed by atoms with Crippen LogP contribution in [0, 0.1) is 0 Å². The number of amides is 2. The number of benzene rings is 1. The SMILES string of the molecule is O=C(Nc1ccc(C(F)(F)F)cc1)N1CCN(c2nc([As])nc3sc(-c4cccnc4)nc23)CC1. The summed E-state index contributed by atoms with van der Waals surface area (Å²) in [5.74, 6) is 0.708. The second-order valence-corrected chi connectivity index (χ2v) is 9.56. The maximum atomic E-state index is 12.7. The first-order valence-corrected chi connectivity index (χ1v) is 12.3. The first kappa shape index (κ1) is 23.5. The number of urea groups is 1. The van der Waals surface area contributed by atoms with Crippen LogP contribution in [0.15, 0.2) is 48.8 Å². The summed E-state index contributed by atoms with van der Waals surface area (Å²) in [5.41, 5.74) is 1.15. The van der Waals surface area contributed by atoms with E-state index in [9.17, 15) is 18.0 Å². The Morgan fingerprint density at radius 1 is 1.03 bits per heavy atom. The minimum atomic E-state index is -4.42. The average molecular weight is 559 g/mol. The van der Waals surface area contributed by atoms with Crippen LogP contribution in [-0.2, 0) is 6.18 Å². The molecule has 0 spiro atoms. The number of anilines is 2. The van der Waals surface area contributed by atoms with Gasteiger partial charge in [0.15, 0.2) is 0 Å². The van der Waals surface area contributed by atoms with Crippen LogP contribution in [-0.4, -0.2) is 73.9 Å². The van der Waals surface area contributed by atoms with Crippen molar-refractivity contribution in [2.75, 3.05) is 36.4 Å². The van der Waals surface area contributed by atoms with Gasteiger partial charge in [-0.25, -0.2) is 0 Å². The number of pyridine rings is 1. The van der Waals surface area contributed by atoms with Gasteiger partial charge in [-0.1, -0.05) is 0 Å². The Hall–Kier alpha value is -3.24. The molecular weight excluding hydrogens is 542 g/mol. The summed E-state index contributed by atoms with van der Waals surface area (Å²) >= 11 is 3.82. The number of alkyl halides is 3. The zero-order valence-electron chi connectivity index (χ0n) is 18.0. The van der Waals surface area contributed by atoms with Crippen LogP contribution < -0.4 is 14.8 Å². The predicted molar refractivity (Wildman–Crippen MR) is 128 cm³/mol. The van der Waals surface area contributed by atoms with Crippen molar-refractivity contribution in [1.29, 1.82) is 0 Å². The number of carbonyl (C=O) groups is 1. The molecule has 3 aromatic heterocycles.